The number of aromatic nitrogens is 2. The minimum atomic E-state index is 0.542. The zero-order chi connectivity index (χ0) is 20.3. The van der Waals surface area contributed by atoms with Crippen LogP contribution in [-0.4, -0.2) is 48.1 Å². The molecule has 1 atom stereocenters. The third-order valence-electron chi connectivity index (χ3n) is 5.77. The van der Waals surface area contributed by atoms with Gasteiger partial charge in [-0.15, -0.1) is 0 Å². The Morgan fingerprint density at radius 2 is 2.03 bits per heavy atom. The Morgan fingerprint density at radius 3 is 2.76 bits per heavy atom. The lowest BCUT2D eigenvalue weighted by Crippen LogP contribution is -2.35. The van der Waals surface area contributed by atoms with Crippen LogP contribution < -0.4 is 10.6 Å². The SMILES string of the molecule is CCN=C(/C=C(\CC)c1cncc(NCC2CCCOC2)n1)NC1CCCCC1. The molecule has 6 nitrogen and oxygen atoms in total. The molecule has 1 saturated carbocycles. The average molecular weight is 400 g/mol. The van der Waals surface area contributed by atoms with E-state index in [1.165, 1.54) is 38.5 Å². The molecule has 2 aliphatic rings. The van der Waals surface area contributed by atoms with Crippen molar-refractivity contribution in [2.45, 2.75) is 71.3 Å². The van der Waals surface area contributed by atoms with Crippen molar-refractivity contribution in [3.63, 3.8) is 0 Å². The lowest BCUT2D eigenvalue weighted by Gasteiger charge is -2.24. The molecule has 2 heterocycles. The highest BCUT2D eigenvalue weighted by molar-refractivity contribution is 5.99. The number of nitrogens with zero attached hydrogens (tertiary/aromatic N) is 3. The summed E-state index contributed by atoms with van der Waals surface area (Å²) in [6, 6.07) is 0.542. The van der Waals surface area contributed by atoms with Crippen LogP contribution in [0.5, 0.6) is 0 Å². The number of anilines is 1. The van der Waals surface area contributed by atoms with Crippen LogP contribution in [0.4, 0.5) is 5.82 Å². The predicted molar refractivity (Wildman–Crippen MR) is 120 cm³/mol. The van der Waals surface area contributed by atoms with Crippen molar-refractivity contribution in [2.24, 2.45) is 10.9 Å². The molecule has 6 heteroatoms. The minimum absolute atomic E-state index is 0.542. The molecule has 29 heavy (non-hydrogen) atoms. The number of allylic oxidation sites excluding steroid dienone is 1. The average Bonchev–Trinajstić information content (AvgIpc) is 2.78. The van der Waals surface area contributed by atoms with Crippen molar-refractivity contribution >= 4 is 17.2 Å². The summed E-state index contributed by atoms with van der Waals surface area (Å²) in [4.78, 5) is 14.0. The first-order chi connectivity index (χ1) is 14.3. The van der Waals surface area contributed by atoms with Gasteiger partial charge in [-0.3, -0.25) is 9.98 Å². The molecule has 1 aliphatic heterocycles. The van der Waals surface area contributed by atoms with E-state index in [9.17, 15) is 0 Å². The number of hydrogen-bond acceptors (Lipinski definition) is 5. The number of amidine groups is 1. The van der Waals surface area contributed by atoms with Gasteiger partial charge in [-0.25, -0.2) is 4.98 Å². The fourth-order valence-electron chi connectivity index (χ4n) is 4.10. The maximum atomic E-state index is 5.57. The van der Waals surface area contributed by atoms with Crippen molar-refractivity contribution in [3.05, 3.63) is 24.2 Å². The largest absolute Gasteiger partial charge is 0.381 e. The number of rotatable bonds is 8. The van der Waals surface area contributed by atoms with Crippen LogP contribution in [0.1, 0.15) is 70.9 Å². The second-order valence-corrected chi connectivity index (χ2v) is 8.12. The Hall–Kier alpha value is -1.95. The molecule has 1 aromatic rings. The van der Waals surface area contributed by atoms with Crippen molar-refractivity contribution in [2.75, 3.05) is 31.6 Å². The molecular formula is C23H37N5O. The van der Waals surface area contributed by atoms with Gasteiger partial charge < -0.3 is 15.4 Å². The molecule has 160 valence electrons. The molecule has 2 N–H and O–H groups in total. The molecule has 1 aromatic heterocycles. The Bertz CT molecular complexity index is 676. The van der Waals surface area contributed by atoms with Crippen molar-refractivity contribution < 1.29 is 4.74 Å². The van der Waals surface area contributed by atoms with Gasteiger partial charge >= 0.3 is 0 Å². The molecule has 0 aromatic carbocycles. The topological polar surface area (TPSA) is 71.4 Å². The van der Waals surface area contributed by atoms with Gasteiger partial charge in [0.1, 0.15) is 11.7 Å². The molecule has 1 saturated heterocycles. The monoisotopic (exact) mass is 399 g/mol. The maximum absolute atomic E-state index is 5.57. The Labute approximate surface area is 175 Å². The first-order valence-corrected chi connectivity index (χ1v) is 11.4. The standard InChI is InChI=1S/C23H37N5O/c1-3-19(13-22(25-4-2)27-20-10-6-5-7-11-20)21-15-24-16-23(28-21)26-14-18-9-8-12-29-17-18/h13,15-16,18,20H,3-12,14,17H2,1-2H3,(H,25,27)(H,26,28)/b19-13+. The number of nitrogens with one attached hydrogen (secondary N) is 2. The van der Waals surface area contributed by atoms with E-state index < -0.39 is 0 Å². The first kappa shape index (κ1) is 21.8. The highest BCUT2D eigenvalue weighted by Gasteiger charge is 2.16. The van der Waals surface area contributed by atoms with Crippen LogP contribution in [-0.2, 0) is 4.74 Å². The highest BCUT2D eigenvalue weighted by atomic mass is 16.5. The fourth-order valence-corrected chi connectivity index (χ4v) is 4.10. The molecule has 1 aliphatic carbocycles. The van der Waals surface area contributed by atoms with Crippen LogP contribution in [0.2, 0.25) is 0 Å². The molecule has 3 rings (SSSR count). The quantitative estimate of drug-likeness (QED) is 0.499. The van der Waals surface area contributed by atoms with Crippen LogP contribution in [0.25, 0.3) is 5.57 Å². The zero-order valence-corrected chi connectivity index (χ0v) is 18.1. The second-order valence-electron chi connectivity index (χ2n) is 8.12. The first-order valence-electron chi connectivity index (χ1n) is 11.4. The summed E-state index contributed by atoms with van der Waals surface area (Å²) in [6.07, 6.45) is 15.5. The van der Waals surface area contributed by atoms with Crippen LogP contribution in [0, 0.1) is 5.92 Å². The molecule has 0 radical (unpaired) electrons. The number of hydrogen-bond donors (Lipinski definition) is 2. The van der Waals surface area contributed by atoms with Gasteiger partial charge in [0.25, 0.3) is 0 Å². The van der Waals surface area contributed by atoms with E-state index in [0.717, 1.165) is 62.1 Å². The highest BCUT2D eigenvalue weighted by Crippen LogP contribution is 2.20. The van der Waals surface area contributed by atoms with Crippen molar-refractivity contribution in [3.8, 4) is 0 Å². The Morgan fingerprint density at radius 1 is 1.17 bits per heavy atom. The van der Waals surface area contributed by atoms with E-state index in [-0.39, 0.29) is 0 Å². The van der Waals surface area contributed by atoms with Crippen molar-refractivity contribution in [1.29, 1.82) is 0 Å². The van der Waals surface area contributed by atoms with Crippen LogP contribution >= 0.6 is 0 Å². The third-order valence-corrected chi connectivity index (χ3v) is 5.77. The molecule has 0 amide bonds. The summed E-state index contributed by atoms with van der Waals surface area (Å²) in [7, 11) is 0. The van der Waals surface area contributed by atoms with Gasteiger partial charge in [-0.2, -0.15) is 0 Å². The third kappa shape index (κ3) is 7.11. The Balaban J connectivity index is 1.67. The molecular weight excluding hydrogens is 362 g/mol. The van der Waals surface area contributed by atoms with Gasteiger partial charge in [-0.05, 0) is 56.6 Å². The maximum Gasteiger partial charge on any atom is 0.145 e. The van der Waals surface area contributed by atoms with Gasteiger partial charge in [-0.1, -0.05) is 26.2 Å². The van der Waals surface area contributed by atoms with E-state index in [1.54, 1.807) is 0 Å². The van der Waals surface area contributed by atoms with Crippen molar-refractivity contribution in [1.82, 2.24) is 15.3 Å². The minimum Gasteiger partial charge on any atom is -0.381 e. The molecule has 1 unspecified atom stereocenters. The van der Waals surface area contributed by atoms with E-state index in [4.69, 9.17) is 14.7 Å². The summed E-state index contributed by atoms with van der Waals surface area (Å²) in [6.45, 7) is 7.64. The smallest absolute Gasteiger partial charge is 0.145 e. The van der Waals surface area contributed by atoms with Gasteiger partial charge in [0.05, 0.1) is 24.7 Å². The normalized spacial score (nSPS) is 21.8. The lowest BCUT2D eigenvalue weighted by molar-refractivity contribution is 0.0595. The van der Waals surface area contributed by atoms with E-state index in [2.05, 4.69) is 35.5 Å². The van der Waals surface area contributed by atoms with E-state index in [0.29, 0.717) is 12.0 Å². The van der Waals surface area contributed by atoms with E-state index >= 15 is 0 Å². The van der Waals surface area contributed by atoms with Gasteiger partial charge in [0.15, 0.2) is 0 Å². The number of aliphatic imine (C=N–C) groups is 1. The summed E-state index contributed by atoms with van der Waals surface area (Å²) < 4.78 is 5.57. The fraction of sp³-hybridized carbons (Fsp3) is 0.696. The molecule has 0 spiro atoms. The van der Waals surface area contributed by atoms with E-state index in [1.807, 2.05) is 12.4 Å². The zero-order valence-electron chi connectivity index (χ0n) is 18.1. The summed E-state index contributed by atoms with van der Waals surface area (Å²) >= 11 is 0. The van der Waals surface area contributed by atoms with Gasteiger partial charge in [0, 0.05) is 25.7 Å². The predicted octanol–water partition coefficient (Wildman–Crippen LogP) is 4.45. The van der Waals surface area contributed by atoms with Crippen LogP contribution in [0.15, 0.2) is 23.5 Å². The second kappa shape index (κ2) is 11.9. The summed E-state index contributed by atoms with van der Waals surface area (Å²) in [5.41, 5.74) is 2.09. The summed E-state index contributed by atoms with van der Waals surface area (Å²) in [5.74, 6) is 2.37. The molecule has 0 bridgehead atoms. The van der Waals surface area contributed by atoms with Crippen LogP contribution in [0.3, 0.4) is 0 Å². The Kier molecular flexibility index (Phi) is 8.93. The summed E-state index contributed by atoms with van der Waals surface area (Å²) in [5, 5.41) is 7.12. The number of ether oxygens (including phenoxy) is 1. The lowest BCUT2D eigenvalue weighted by atomic mass is 9.95. The van der Waals surface area contributed by atoms with Gasteiger partial charge in [0.2, 0.25) is 0 Å². The molecule has 2 fully saturated rings.